The molecular weight excluding hydrogens is 165 g/mol. The summed E-state index contributed by atoms with van der Waals surface area (Å²) in [6.07, 6.45) is 0. The van der Waals surface area contributed by atoms with E-state index in [0.717, 1.165) is 0 Å². The third-order valence-electron chi connectivity index (χ3n) is 1.08. The van der Waals surface area contributed by atoms with Crippen LogP contribution in [0.3, 0.4) is 0 Å². The van der Waals surface area contributed by atoms with Gasteiger partial charge in [-0.3, -0.25) is 0 Å². The van der Waals surface area contributed by atoms with Crippen LogP contribution in [0, 0.1) is 4.91 Å². The number of nitrogens with zero attached hydrogens (tertiary/aromatic N) is 1. The molecule has 0 radical (unpaired) electrons. The molecule has 0 aliphatic heterocycles. The summed E-state index contributed by atoms with van der Waals surface area (Å²) in [5.41, 5.74) is 0.319. The third kappa shape index (κ3) is 2.09. The summed E-state index contributed by atoms with van der Waals surface area (Å²) in [7, 11) is -0.408. The maximum Gasteiger partial charge on any atom is 0.395 e. The van der Waals surface area contributed by atoms with Gasteiger partial charge in [0.05, 0.1) is 0 Å². The van der Waals surface area contributed by atoms with E-state index in [-0.39, 0.29) is 0 Å². The molecule has 0 heterocycles. The van der Waals surface area contributed by atoms with Crippen molar-refractivity contribution in [3.8, 4) is 5.75 Å². The largest absolute Gasteiger partial charge is 0.408 e. The van der Waals surface area contributed by atoms with E-state index in [1.807, 2.05) is 0 Å². The Bertz CT molecular complexity index is 259. The van der Waals surface area contributed by atoms with Crippen LogP contribution in [0.1, 0.15) is 0 Å². The summed E-state index contributed by atoms with van der Waals surface area (Å²) in [4.78, 5) is 9.92. The first-order valence-electron chi connectivity index (χ1n) is 2.80. The van der Waals surface area contributed by atoms with Crippen LogP contribution in [0.4, 0.5) is 5.69 Å². The molecule has 0 unspecified atom stereocenters. The van der Waals surface area contributed by atoms with E-state index in [1.165, 1.54) is 24.3 Å². The summed E-state index contributed by atoms with van der Waals surface area (Å²) in [5.74, 6) is 0.439. The first-order chi connectivity index (χ1) is 5.36. The van der Waals surface area contributed by atoms with Crippen molar-refractivity contribution in [2.75, 3.05) is 0 Å². The van der Waals surface area contributed by atoms with E-state index in [1.54, 1.807) is 0 Å². The fourth-order valence-electron chi connectivity index (χ4n) is 0.611. The van der Waals surface area contributed by atoms with Crippen LogP contribution in [-0.2, 0) is 4.57 Å². The van der Waals surface area contributed by atoms with Crippen LogP contribution in [0.15, 0.2) is 29.4 Å². The second kappa shape index (κ2) is 3.78. The van der Waals surface area contributed by atoms with Crippen molar-refractivity contribution in [1.82, 2.24) is 0 Å². The average Bonchev–Trinajstić information content (AvgIpc) is 2.07. The Balaban J connectivity index is 2.81. The molecule has 11 heavy (non-hydrogen) atoms. The average molecular weight is 169 g/mol. The lowest BCUT2D eigenvalue weighted by atomic mass is 10.3. The number of hydrogen-bond donors (Lipinski definition) is 0. The molecular formula is C6H4NO3P. The highest BCUT2D eigenvalue weighted by Crippen LogP contribution is 2.19. The lowest BCUT2D eigenvalue weighted by Crippen LogP contribution is -1.72. The second-order valence-electron chi connectivity index (χ2n) is 1.75. The SMILES string of the molecule is O=Nc1ccc(OP=O)cc1. The van der Waals surface area contributed by atoms with E-state index in [9.17, 15) is 9.47 Å². The van der Waals surface area contributed by atoms with Gasteiger partial charge in [-0.25, -0.2) is 4.57 Å². The van der Waals surface area contributed by atoms with Crippen molar-refractivity contribution in [2.45, 2.75) is 0 Å². The van der Waals surface area contributed by atoms with Gasteiger partial charge in [0.25, 0.3) is 0 Å². The predicted molar refractivity (Wildman–Crippen MR) is 40.1 cm³/mol. The molecule has 56 valence electrons. The van der Waals surface area contributed by atoms with Crippen molar-refractivity contribution in [2.24, 2.45) is 5.18 Å². The molecule has 0 atom stereocenters. The highest BCUT2D eigenvalue weighted by Gasteiger charge is 1.93. The normalized spacial score (nSPS) is 9.45. The Labute approximate surface area is 64.4 Å². The fraction of sp³-hybridized carbons (Fsp3) is 0. The predicted octanol–water partition coefficient (Wildman–Crippen LogP) is 2.67. The van der Waals surface area contributed by atoms with E-state index in [2.05, 4.69) is 9.70 Å². The van der Waals surface area contributed by atoms with Crippen molar-refractivity contribution >= 4 is 14.4 Å². The number of benzene rings is 1. The summed E-state index contributed by atoms with van der Waals surface area (Å²) in [5, 5.41) is 2.69. The van der Waals surface area contributed by atoms with Gasteiger partial charge >= 0.3 is 8.69 Å². The van der Waals surface area contributed by atoms with Gasteiger partial charge in [0, 0.05) is 0 Å². The molecule has 0 aliphatic rings. The first kappa shape index (κ1) is 7.82. The summed E-state index contributed by atoms with van der Waals surface area (Å²) in [6.45, 7) is 0. The monoisotopic (exact) mass is 169 g/mol. The lowest BCUT2D eigenvalue weighted by molar-refractivity contribution is 0.525. The minimum atomic E-state index is -0.408. The molecule has 0 bridgehead atoms. The van der Waals surface area contributed by atoms with Gasteiger partial charge in [0.15, 0.2) is 0 Å². The van der Waals surface area contributed by atoms with E-state index >= 15 is 0 Å². The highest BCUT2D eigenvalue weighted by atomic mass is 31.1. The Kier molecular flexibility index (Phi) is 2.69. The minimum Gasteiger partial charge on any atom is -0.408 e. The van der Waals surface area contributed by atoms with Gasteiger partial charge in [-0.2, -0.15) is 0 Å². The van der Waals surface area contributed by atoms with E-state index in [0.29, 0.717) is 11.4 Å². The summed E-state index contributed by atoms with van der Waals surface area (Å²) in [6, 6.07) is 5.99. The Morgan fingerprint density at radius 2 is 1.91 bits per heavy atom. The van der Waals surface area contributed by atoms with Gasteiger partial charge in [-0.1, -0.05) is 0 Å². The topological polar surface area (TPSA) is 55.7 Å². The standard InChI is InChI=1S/C6H4NO3P/c8-7-5-1-3-6(4-2-5)10-11-9/h1-4H. The fourth-order valence-corrected chi connectivity index (χ4v) is 0.819. The molecule has 1 rings (SSSR count). The molecule has 4 nitrogen and oxygen atoms in total. The van der Waals surface area contributed by atoms with Gasteiger partial charge in [0.2, 0.25) is 0 Å². The second-order valence-corrected chi connectivity index (χ2v) is 2.08. The van der Waals surface area contributed by atoms with E-state index < -0.39 is 8.69 Å². The minimum absolute atomic E-state index is 0.319. The zero-order valence-corrected chi connectivity index (χ0v) is 6.32. The third-order valence-corrected chi connectivity index (χ3v) is 1.37. The molecule has 0 amide bonds. The molecule has 0 saturated carbocycles. The molecule has 0 aromatic heterocycles. The quantitative estimate of drug-likeness (QED) is 0.516. The Hall–Kier alpha value is -1.28. The van der Waals surface area contributed by atoms with Gasteiger partial charge < -0.3 is 4.52 Å². The zero-order chi connectivity index (χ0) is 8.10. The summed E-state index contributed by atoms with van der Waals surface area (Å²) >= 11 is 0. The summed E-state index contributed by atoms with van der Waals surface area (Å²) < 4.78 is 14.5. The van der Waals surface area contributed by atoms with Gasteiger partial charge in [0.1, 0.15) is 11.4 Å². The van der Waals surface area contributed by atoms with Crippen LogP contribution < -0.4 is 4.52 Å². The number of hydrogen-bond acceptors (Lipinski definition) is 4. The highest BCUT2D eigenvalue weighted by molar-refractivity contribution is 7.17. The maximum absolute atomic E-state index is 9.92. The Morgan fingerprint density at radius 3 is 2.36 bits per heavy atom. The van der Waals surface area contributed by atoms with Crippen molar-refractivity contribution in [3.63, 3.8) is 0 Å². The van der Waals surface area contributed by atoms with Crippen LogP contribution in [-0.4, -0.2) is 0 Å². The van der Waals surface area contributed by atoms with Crippen LogP contribution in [0.25, 0.3) is 0 Å². The first-order valence-corrected chi connectivity index (χ1v) is 3.53. The van der Waals surface area contributed by atoms with Crippen LogP contribution >= 0.6 is 8.69 Å². The zero-order valence-electron chi connectivity index (χ0n) is 5.43. The van der Waals surface area contributed by atoms with Crippen molar-refractivity contribution in [1.29, 1.82) is 0 Å². The van der Waals surface area contributed by atoms with Crippen LogP contribution in [0.5, 0.6) is 5.75 Å². The van der Waals surface area contributed by atoms with Crippen molar-refractivity contribution in [3.05, 3.63) is 29.2 Å². The van der Waals surface area contributed by atoms with Gasteiger partial charge in [-0.15, -0.1) is 4.91 Å². The molecule has 1 aromatic carbocycles. The smallest absolute Gasteiger partial charge is 0.395 e. The molecule has 5 heteroatoms. The number of nitroso groups, excluding NO2 is 1. The molecule has 0 aliphatic carbocycles. The van der Waals surface area contributed by atoms with Crippen LogP contribution in [0.2, 0.25) is 0 Å². The molecule has 1 aromatic rings. The molecule has 0 spiro atoms. The molecule has 0 fully saturated rings. The lowest BCUT2D eigenvalue weighted by Gasteiger charge is -1.93. The molecule has 0 saturated heterocycles. The maximum atomic E-state index is 9.92. The van der Waals surface area contributed by atoms with E-state index in [4.69, 9.17) is 0 Å². The number of rotatable bonds is 3. The van der Waals surface area contributed by atoms with Gasteiger partial charge in [-0.05, 0) is 29.4 Å². The van der Waals surface area contributed by atoms with Crippen molar-refractivity contribution < 1.29 is 9.09 Å². The Morgan fingerprint density at radius 1 is 1.27 bits per heavy atom. The molecule has 0 N–H and O–H groups in total.